The number of rotatable bonds is 6. The summed E-state index contributed by atoms with van der Waals surface area (Å²) in [7, 11) is -0.751. The lowest BCUT2D eigenvalue weighted by Crippen LogP contribution is -2.19. The van der Waals surface area contributed by atoms with Crippen molar-refractivity contribution in [2.75, 3.05) is 18.6 Å². The van der Waals surface area contributed by atoms with E-state index in [-0.39, 0.29) is 0 Å². The Labute approximate surface area is 108 Å². The molecule has 96 valence electrons. The zero-order valence-corrected chi connectivity index (χ0v) is 11.0. The Kier molecular flexibility index (Phi) is 4.60. The summed E-state index contributed by atoms with van der Waals surface area (Å²) in [6, 6.07) is 3.89. The molecule has 0 amide bonds. The number of pyridine rings is 1. The molecule has 0 bridgehead atoms. The van der Waals surface area contributed by atoms with Gasteiger partial charge in [-0.3, -0.25) is 14.3 Å². The van der Waals surface area contributed by atoms with Gasteiger partial charge in [-0.1, -0.05) is 0 Å². The third-order valence-electron chi connectivity index (χ3n) is 2.55. The van der Waals surface area contributed by atoms with Crippen molar-refractivity contribution in [2.45, 2.75) is 6.54 Å². The molecule has 2 aromatic heterocycles. The van der Waals surface area contributed by atoms with E-state index in [1.165, 1.54) is 0 Å². The lowest BCUT2D eigenvalue weighted by atomic mass is 10.1. The van der Waals surface area contributed by atoms with Crippen LogP contribution in [0.4, 0.5) is 0 Å². The first kappa shape index (κ1) is 12.9. The molecule has 0 saturated carbocycles. The molecule has 0 aliphatic rings. The van der Waals surface area contributed by atoms with Gasteiger partial charge in [-0.15, -0.1) is 0 Å². The Morgan fingerprint density at radius 2 is 2.33 bits per heavy atom. The summed E-state index contributed by atoms with van der Waals surface area (Å²) in [6.45, 7) is 1.44. The van der Waals surface area contributed by atoms with Crippen molar-refractivity contribution in [3.63, 3.8) is 0 Å². The van der Waals surface area contributed by atoms with Gasteiger partial charge in [0.1, 0.15) is 0 Å². The molecule has 6 heteroatoms. The van der Waals surface area contributed by atoms with E-state index >= 15 is 0 Å². The Morgan fingerprint density at radius 1 is 1.44 bits per heavy atom. The summed E-state index contributed by atoms with van der Waals surface area (Å²) in [5, 5.41) is 10.3. The molecule has 0 saturated heterocycles. The van der Waals surface area contributed by atoms with Crippen LogP contribution in [0.5, 0.6) is 0 Å². The summed E-state index contributed by atoms with van der Waals surface area (Å²) in [6.07, 6.45) is 7.06. The maximum absolute atomic E-state index is 10.9. The van der Waals surface area contributed by atoms with E-state index in [4.69, 9.17) is 0 Å². The fourth-order valence-electron chi connectivity index (χ4n) is 1.64. The molecule has 2 N–H and O–H groups in total. The molecule has 2 aromatic rings. The van der Waals surface area contributed by atoms with Gasteiger partial charge in [-0.05, 0) is 12.1 Å². The van der Waals surface area contributed by atoms with Crippen LogP contribution < -0.4 is 5.32 Å². The molecule has 0 aromatic carbocycles. The minimum absolute atomic E-state index is 0.667. The van der Waals surface area contributed by atoms with Crippen LogP contribution in [-0.4, -0.2) is 37.9 Å². The second-order valence-electron chi connectivity index (χ2n) is 3.97. The number of hydrogen-bond donors (Lipinski definition) is 2. The molecule has 0 spiro atoms. The van der Waals surface area contributed by atoms with Crippen molar-refractivity contribution in [3.8, 4) is 11.3 Å². The molecule has 1 unspecified atom stereocenters. The monoisotopic (exact) mass is 264 g/mol. The highest BCUT2D eigenvalue weighted by Gasteiger charge is 2.06. The molecular formula is C12H16N4OS. The predicted octanol–water partition coefficient (Wildman–Crippen LogP) is 0.940. The first-order valence-corrected chi connectivity index (χ1v) is 7.43. The van der Waals surface area contributed by atoms with E-state index in [1.54, 1.807) is 24.8 Å². The quantitative estimate of drug-likeness (QED) is 0.762. The van der Waals surface area contributed by atoms with Crippen LogP contribution in [0, 0.1) is 0 Å². The van der Waals surface area contributed by atoms with E-state index in [0.717, 1.165) is 23.4 Å². The number of H-pyrrole nitrogens is 1. The molecule has 2 rings (SSSR count). The van der Waals surface area contributed by atoms with Crippen molar-refractivity contribution >= 4 is 10.8 Å². The molecule has 2 heterocycles. The Hall–Kier alpha value is -1.53. The SMILES string of the molecule is CS(=O)CCNCc1cn[nH]c1-c1cccnc1. The summed E-state index contributed by atoms with van der Waals surface area (Å²) >= 11 is 0. The predicted molar refractivity (Wildman–Crippen MR) is 72.5 cm³/mol. The maximum atomic E-state index is 10.9. The highest BCUT2D eigenvalue weighted by atomic mass is 32.2. The van der Waals surface area contributed by atoms with Gasteiger partial charge in [-0.2, -0.15) is 5.10 Å². The molecule has 18 heavy (non-hydrogen) atoms. The van der Waals surface area contributed by atoms with Crippen LogP contribution in [-0.2, 0) is 17.3 Å². The van der Waals surface area contributed by atoms with E-state index < -0.39 is 10.8 Å². The second-order valence-corrected chi connectivity index (χ2v) is 5.52. The van der Waals surface area contributed by atoms with Crippen LogP contribution in [0.3, 0.4) is 0 Å². The smallest absolute Gasteiger partial charge is 0.0710 e. The highest BCUT2D eigenvalue weighted by molar-refractivity contribution is 7.84. The topological polar surface area (TPSA) is 70.7 Å². The molecule has 0 fully saturated rings. The van der Waals surface area contributed by atoms with Gasteiger partial charge in [0.05, 0.1) is 11.9 Å². The first-order chi connectivity index (χ1) is 8.77. The van der Waals surface area contributed by atoms with Gasteiger partial charge in [0.25, 0.3) is 0 Å². The van der Waals surface area contributed by atoms with Gasteiger partial charge >= 0.3 is 0 Å². The van der Waals surface area contributed by atoms with Crippen LogP contribution in [0.1, 0.15) is 5.56 Å². The lowest BCUT2D eigenvalue weighted by molar-refractivity contribution is 0.677. The van der Waals surface area contributed by atoms with Crippen molar-refractivity contribution in [1.82, 2.24) is 20.5 Å². The number of aromatic nitrogens is 3. The first-order valence-electron chi connectivity index (χ1n) is 5.71. The fourth-order valence-corrected chi connectivity index (χ4v) is 2.08. The summed E-state index contributed by atoms with van der Waals surface area (Å²) in [4.78, 5) is 4.09. The standard InChI is InChI=1S/C12H16N4OS/c1-18(17)6-5-14-8-11-9-15-16-12(11)10-3-2-4-13-7-10/h2-4,7,9,14H,5-6,8H2,1H3,(H,15,16). The van der Waals surface area contributed by atoms with Crippen LogP contribution in [0.2, 0.25) is 0 Å². The number of hydrogen-bond acceptors (Lipinski definition) is 4. The third-order valence-corrected chi connectivity index (χ3v) is 3.33. The highest BCUT2D eigenvalue weighted by Crippen LogP contribution is 2.19. The van der Waals surface area contributed by atoms with Gasteiger partial charge < -0.3 is 5.32 Å². The minimum Gasteiger partial charge on any atom is -0.312 e. The molecular weight excluding hydrogens is 248 g/mol. The zero-order valence-electron chi connectivity index (χ0n) is 10.2. The van der Waals surface area contributed by atoms with E-state index in [2.05, 4.69) is 20.5 Å². The van der Waals surface area contributed by atoms with E-state index in [1.807, 2.05) is 12.1 Å². The van der Waals surface area contributed by atoms with Crippen molar-refractivity contribution in [3.05, 3.63) is 36.3 Å². The molecule has 0 aliphatic heterocycles. The molecule has 0 aliphatic carbocycles. The van der Waals surface area contributed by atoms with Gasteiger partial charge in [0.15, 0.2) is 0 Å². The summed E-state index contributed by atoms with van der Waals surface area (Å²) < 4.78 is 10.9. The maximum Gasteiger partial charge on any atom is 0.0710 e. The summed E-state index contributed by atoms with van der Waals surface area (Å²) in [5.74, 6) is 0.667. The fraction of sp³-hybridized carbons (Fsp3) is 0.333. The van der Waals surface area contributed by atoms with E-state index in [0.29, 0.717) is 12.3 Å². The number of nitrogens with one attached hydrogen (secondary N) is 2. The van der Waals surface area contributed by atoms with Gasteiger partial charge in [0.2, 0.25) is 0 Å². The van der Waals surface area contributed by atoms with Crippen molar-refractivity contribution in [2.24, 2.45) is 0 Å². The Balaban J connectivity index is 1.98. The van der Waals surface area contributed by atoms with Gasteiger partial charge in [-0.25, -0.2) is 0 Å². The second kappa shape index (κ2) is 6.42. The van der Waals surface area contributed by atoms with Crippen molar-refractivity contribution < 1.29 is 4.21 Å². The Morgan fingerprint density at radius 3 is 3.06 bits per heavy atom. The number of aromatic amines is 1. The normalized spacial score (nSPS) is 12.5. The third kappa shape index (κ3) is 3.48. The number of nitrogens with zero attached hydrogens (tertiary/aromatic N) is 2. The van der Waals surface area contributed by atoms with Crippen molar-refractivity contribution in [1.29, 1.82) is 0 Å². The summed E-state index contributed by atoms with van der Waals surface area (Å²) in [5.41, 5.74) is 3.09. The average molecular weight is 264 g/mol. The lowest BCUT2D eigenvalue weighted by Gasteiger charge is -2.04. The van der Waals surface area contributed by atoms with Crippen LogP contribution >= 0.6 is 0 Å². The van der Waals surface area contributed by atoms with Crippen LogP contribution in [0.25, 0.3) is 11.3 Å². The average Bonchev–Trinajstić information content (AvgIpc) is 2.84. The largest absolute Gasteiger partial charge is 0.312 e. The minimum atomic E-state index is -0.751. The zero-order chi connectivity index (χ0) is 12.8. The molecule has 1 atom stereocenters. The molecule has 5 nitrogen and oxygen atoms in total. The van der Waals surface area contributed by atoms with E-state index in [9.17, 15) is 4.21 Å². The van der Waals surface area contributed by atoms with Gasteiger partial charge in [0, 0.05) is 59.4 Å². The molecule has 0 radical (unpaired) electrons. The Bertz CT molecular complexity index is 512. The van der Waals surface area contributed by atoms with Crippen LogP contribution in [0.15, 0.2) is 30.7 Å².